The van der Waals surface area contributed by atoms with Gasteiger partial charge in [-0.15, -0.1) is 0 Å². The van der Waals surface area contributed by atoms with E-state index < -0.39 is 9.84 Å². The Morgan fingerprint density at radius 1 is 1.32 bits per heavy atom. The zero-order valence-corrected chi connectivity index (χ0v) is 12.1. The Labute approximate surface area is 115 Å². The van der Waals surface area contributed by atoms with Crippen molar-refractivity contribution in [3.63, 3.8) is 0 Å². The van der Waals surface area contributed by atoms with Gasteiger partial charge >= 0.3 is 0 Å². The fraction of sp³-hybridized carbons (Fsp3) is 0.250. The second kappa shape index (κ2) is 5.58. The Balaban J connectivity index is 2.09. The van der Waals surface area contributed by atoms with Crippen LogP contribution in [0.25, 0.3) is 0 Å². The topological polar surface area (TPSA) is 65.5 Å². The Bertz CT molecular complexity index is 664. The van der Waals surface area contributed by atoms with Crippen LogP contribution in [0.5, 0.6) is 10.9 Å². The molecule has 0 aliphatic carbocycles. The van der Waals surface area contributed by atoms with Gasteiger partial charge in [-0.3, -0.25) is 0 Å². The van der Waals surface area contributed by atoms with Crippen LogP contribution in [-0.2, 0) is 16.4 Å². The smallest absolute Gasteiger partial charge is 0.274 e. The summed E-state index contributed by atoms with van der Waals surface area (Å²) < 4.78 is 33.5. The summed E-state index contributed by atoms with van der Waals surface area (Å²) in [5.74, 6) is 0.724. The van der Waals surface area contributed by atoms with E-state index in [9.17, 15) is 8.42 Å². The molecule has 1 aromatic carbocycles. The highest BCUT2D eigenvalue weighted by molar-refractivity contribution is 7.92. The monoisotopic (exact) mass is 299 g/mol. The highest BCUT2D eigenvalue weighted by Gasteiger charge is 2.13. The molecule has 0 amide bonds. The maximum Gasteiger partial charge on any atom is 0.274 e. The Morgan fingerprint density at radius 2 is 2.05 bits per heavy atom. The van der Waals surface area contributed by atoms with Crippen LogP contribution in [0.15, 0.2) is 34.7 Å². The van der Waals surface area contributed by atoms with Crippen LogP contribution >= 0.6 is 11.3 Å². The first kappa shape index (κ1) is 13.8. The van der Waals surface area contributed by atoms with Crippen LogP contribution in [-0.4, -0.2) is 26.8 Å². The van der Waals surface area contributed by atoms with Crippen LogP contribution in [0, 0.1) is 0 Å². The van der Waals surface area contributed by atoms with Gasteiger partial charge in [0.1, 0.15) is 16.6 Å². The van der Waals surface area contributed by atoms with Crippen molar-refractivity contribution in [3.8, 4) is 10.9 Å². The summed E-state index contributed by atoms with van der Waals surface area (Å²) >= 11 is 1.01. The predicted octanol–water partition coefficient (Wildman–Crippen LogP) is 2.13. The number of sulfone groups is 1. The molecule has 19 heavy (non-hydrogen) atoms. The molecule has 0 spiro atoms. The zero-order valence-electron chi connectivity index (χ0n) is 10.5. The predicted molar refractivity (Wildman–Crippen MR) is 72.5 cm³/mol. The van der Waals surface area contributed by atoms with E-state index in [-0.39, 0.29) is 10.8 Å². The third-order valence-corrected chi connectivity index (χ3v) is 5.07. The zero-order chi connectivity index (χ0) is 13.9. The molecule has 0 bridgehead atoms. The second-order valence-electron chi connectivity index (χ2n) is 3.82. The van der Waals surface area contributed by atoms with E-state index in [1.807, 2.05) is 24.3 Å². The SMILES string of the molecule is COc1ccccc1COc1ncc(S(C)(=O)=O)s1. The summed E-state index contributed by atoms with van der Waals surface area (Å²) in [5, 5.41) is 0.325. The van der Waals surface area contributed by atoms with Crippen LogP contribution in [0.1, 0.15) is 5.56 Å². The van der Waals surface area contributed by atoms with Crippen molar-refractivity contribution in [1.29, 1.82) is 0 Å². The Kier molecular flexibility index (Phi) is 4.06. The van der Waals surface area contributed by atoms with Gasteiger partial charge in [-0.05, 0) is 6.07 Å². The summed E-state index contributed by atoms with van der Waals surface area (Å²) in [4.78, 5) is 3.93. The van der Waals surface area contributed by atoms with E-state index in [1.165, 1.54) is 6.20 Å². The number of ether oxygens (including phenoxy) is 2. The van der Waals surface area contributed by atoms with E-state index in [1.54, 1.807) is 7.11 Å². The lowest BCUT2D eigenvalue weighted by atomic mass is 10.2. The summed E-state index contributed by atoms with van der Waals surface area (Å²) in [5.41, 5.74) is 0.876. The molecule has 0 fully saturated rings. The number of aromatic nitrogens is 1. The van der Waals surface area contributed by atoms with E-state index in [2.05, 4.69) is 4.98 Å². The first-order chi connectivity index (χ1) is 9.00. The van der Waals surface area contributed by atoms with Crippen LogP contribution in [0.3, 0.4) is 0 Å². The average molecular weight is 299 g/mol. The molecule has 102 valence electrons. The molecule has 1 aromatic heterocycles. The Hall–Kier alpha value is -1.60. The number of para-hydroxylation sites is 1. The molecule has 0 aliphatic heterocycles. The quantitative estimate of drug-likeness (QED) is 0.846. The van der Waals surface area contributed by atoms with E-state index in [4.69, 9.17) is 9.47 Å². The van der Waals surface area contributed by atoms with Gasteiger partial charge in [-0.1, -0.05) is 29.5 Å². The highest BCUT2D eigenvalue weighted by Crippen LogP contribution is 2.26. The maximum absolute atomic E-state index is 11.3. The van der Waals surface area contributed by atoms with Crippen LogP contribution in [0.4, 0.5) is 0 Å². The number of thiazole rings is 1. The van der Waals surface area contributed by atoms with Crippen molar-refractivity contribution in [2.24, 2.45) is 0 Å². The second-order valence-corrected chi connectivity index (χ2v) is 7.05. The normalized spacial score (nSPS) is 11.3. The van der Waals surface area contributed by atoms with Crippen molar-refractivity contribution >= 4 is 21.2 Å². The molecular formula is C12H13NO4S2. The molecule has 7 heteroatoms. The number of benzene rings is 1. The lowest BCUT2D eigenvalue weighted by Gasteiger charge is -2.07. The molecule has 1 heterocycles. The van der Waals surface area contributed by atoms with Crippen molar-refractivity contribution in [2.75, 3.05) is 13.4 Å². The molecule has 0 unspecified atom stereocenters. The van der Waals surface area contributed by atoms with Crippen molar-refractivity contribution < 1.29 is 17.9 Å². The standard InChI is InChI=1S/C12H13NO4S2/c1-16-10-6-4-3-5-9(10)8-17-12-13-7-11(18-12)19(2,14)15/h3-7H,8H2,1-2H3. The number of nitrogens with zero attached hydrogens (tertiary/aromatic N) is 1. The van der Waals surface area contributed by atoms with Gasteiger partial charge in [-0.25, -0.2) is 13.4 Å². The first-order valence-corrected chi connectivity index (χ1v) is 8.12. The van der Waals surface area contributed by atoms with Crippen molar-refractivity contribution in [3.05, 3.63) is 36.0 Å². The van der Waals surface area contributed by atoms with Crippen molar-refractivity contribution in [1.82, 2.24) is 4.98 Å². The minimum atomic E-state index is -3.23. The van der Waals surface area contributed by atoms with Gasteiger partial charge in [0.25, 0.3) is 5.19 Å². The first-order valence-electron chi connectivity index (χ1n) is 5.41. The number of methoxy groups -OCH3 is 1. The maximum atomic E-state index is 11.3. The van der Waals surface area contributed by atoms with Crippen molar-refractivity contribution in [2.45, 2.75) is 10.8 Å². The van der Waals surface area contributed by atoms with Gasteiger partial charge in [0, 0.05) is 11.8 Å². The third kappa shape index (κ3) is 3.45. The van der Waals surface area contributed by atoms with Gasteiger partial charge < -0.3 is 9.47 Å². The summed E-state index contributed by atoms with van der Waals surface area (Å²) in [6, 6.07) is 7.46. The minimum absolute atomic E-state index is 0.197. The molecule has 0 saturated heterocycles. The van der Waals surface area contributed by atoms with E-state index in [0.717, 1.165) is 28.9 Å². The van der Waals surface area contributed by atoms with Gasteiger partial charge in [-0.2, -0.15) is 0 Å². The molecule has 0 aliphatic rings. The summed E-state index contributed by atoms with van der Waals surface area (Å²) in [6.45, 7) is 0.279. The molecule has 0 radical (unpaired) electrons. The Morgan fingerprint density at radius 3 is 2.68 bits per heavy atom. The highest BCUT2D eigenvalue weighted by atomic mass is 32.2. The average Bonchev–Trinajstić information content (AvgIpc) is 2.85. The summed E-state index contributed by atoms with van der Waals surface area (Å²) in [6.07, 6.45) is 2.45. The van der Waals surface area contributed by atoms with E-state index in [0.29, 0.717) is 5.19 Å². The molecule has 2 aromatic rings. The van der Waals surface area contributed by atoms with Crippen LogP contribution < -0.4 is 9.47 Å². The van der Waals surface area contributed by atoms with Gasteiger partial charge in [0.15, 0.2) is 9.84 Å². The molecular weight excluding hydrogens is 286 g/mol. The van der Waals surface area contributed by atoms with Crippen LogP contribution in [0.2, 0.25) is 0 Å². The number of rotatable bonds is 5. The van der Waals surface area contributed by atoms with Gasteiger partial charge in [0.2, 0.25) is 0 Å². The largest absolute Gasteiger partial charge is 0.496 e. The lowest BCUT2D eigenvalue weighted by molar-refractivity contribution is 0.295. The summed E-state index contributed by atoms with van der Waals surface area (Å²) in [7, 11) is -1.64. The third-order valence-electron chi connectivity index (χ3n) is 2.37. The van der Waals surface area contributed by atoms with Gasteiger partial charge in [0.05, 0.1) is 13.3 Å². The number of hydrogen-bond acceptors (Lipinski definition) is 6. The molecule has 0 saturated carbocycles. The minimum Gasteiger partial charge on any atom is -0.496 e. The number of hydrogen-bond donors (Lipinski definition) is 0. The lowest BCUT2D eigenvalue weighted by Crippen LogP contribution is -1.97. The molecule has 0 N–H and O–H groups in total. The molecule has 2 rings (SSSR count). The molecule has 0 atom stereocenters. The fourth-order valence-corrected chi connectivity index (χ4v) is 3.01. The fourth-order valence-electron chi connectivity index (χ4n) is 1.44. The van der Waals surface area contributed by atoms with E-state index >= 15 is 0 Å². The molecule has 5 nitrogen and oxygen atoms in total.